The second-order valence-corrected chi connectivity index (χ2v) is 9.29. The van der Waals surface area contributed by atoms with Crippen molar-refractivity contribution in [2.45, 2.75) is 57.0 Å². The monoisotopic (exact) mass is 387 g/mol. The van der Waals surface area contributed by atoms with Crippen molar-refractivity contribution in [1.29, 1.82) is 0 Å². The minimum atomic E-state index is -3.68. The summed E-state index contributed by atoms with van der Waals surface area (Å²) in [5.41, 5.74) is 2.13. The predicted octanol–water partition coefficient (Wildman–Crippen LogP) is 5.05. The summed E-state index contributed by atoms with van der Waals surface area (Å²) in [6.45, 7) is 4.11. The van der Waals surface area contributed by atoms with Gasteiger partial charge in [-0.3, -0.25) is 4.72 Å². The van der Waals surface area contributed by atoms with Gasteiger partial charge in [0.15, 0.2) is 0 Å². The number of benzene rings is 2. The van der Waals surface area contributed by atoms with Gasteiger partial charge in [0.05, 0.1) is 16.7 Å². The molecular formula is C22H29NO3S. The number of anilines is 1. The highest BCUT2D eigenvalue weighted by Crippen LogP contribution is 2.51. The molecule has 3 rings (SSSR count). The van der Waals surface area contributed by atoms with Crippen LogP contribution in [0, 0.1) is 18.8 Å². The Morgan fingerprint density at radius 2 is 1.81 bits per heavy atom. The third-order valence-electron chi connectivity index (χ3n) is 5.42. The molecule has 5 heteroatoms. The summed E-state index contributed by atoms with van der Waals surface area (Å²) < 4.78 is 28.1. The van der Waals surface area contributed by atoms with E-state index < -0.39 is 16.1 Å². The summed E-state index contributed by atoms with van der Waals surface area (Å²) in [4.78, 5) is 0.223. The highest BCUT2D eigenvalue weighted by atomic mass is 32.2. The third-order valence-corrected chi connectivity index (χ3v) is 6.80. The molecule has 3 unspecified atom stereocenters. The van der Waals surface area contributed by atoms with E-state index >= 15 is 0 Å². The van der Waals surface area contributed by atoms with Crippen LogP contribution in [0.3, 0.4) is 0 Å². The molecule has 0 spiro atoms. The molecule has 0 heterocycles. The van der Waals surface area contributed by atoms with E-state index in [0.717, 1.165) is 18.4 Å². The lowest BCUT2D eigenvalue weighted by atomic mass is 10.0. The summed E-state index contributed by atoms with van der Waals surface area (Å²) in [6, 6.07) is 13.9. The molecule has 1 aliphatic rings. The minimum absolute atomic E-state index is 0.223. The van der Waals surface area contributed by atoms with Crippen molar-refractivity contribution >= 4 is 15.7 Å². The molecule has 0 radical (unpaired) electrons. The maximum absolute atomic E-state index is 12.7. The van der Waals surface area contributed by atoms with Crippen molar-refractivity contribution in [2.24, 2.45) is 11.8 Å². The maximum atomic E-state index is 12.7. The van der Waals surface area contributed by atoms with E-state index in [4.69, 9.17) is 0 Å². The molecule has 1 saturated carbocycles. The van der Waals surface area contributed by atoms with E-state index in [-0.39, 0.29) is 10.8 Å². The number of sulfonamides is 1. The molecule has 27 heavy (non-hydrogen) atoms. The highest BCUT2D eigenvalue weighted by molar-refractivity contribution is 7.92. The number of aliphatic hydroxyl groups excluding tert-OH is 1. The van der Waals surface area contributed by atoms with E-state index in [2.05, 4.69) is 11.6 Å². The van der Waals surface area contributed by atoms with Crippen molar-refractivity contribution in [3.8, 4) is 0 Å². The molecular weight excluding hydrogens is 358 g/mol. The van der Waals surface area contributed by atoms with Crippen LogP contribution in [-0.4, -0.2) is 13.5 Å². The van der Waals surface area contributed by atoms with Crippen LogP contribution in [0.15, 0.2) is 53.4 Å². The van der Waals surface area contributed by atoms with Crippen LogP contribution in [0.25, 0.3) is 0 Å². The van der Waals surface area contributed by atoms with Gasteiger partial charge in [-0.15, -0.1) is 0 Å². The third kappa shape index (κ3) is 4.90. The molecule has 0 saturated heterocycles. The summed E-state index contributed by atoms with van der Waals surface area (Å²) >= 11 is 0. The standard InChI is InChI=1S/C22H29NO3S/c1-3-4-5-8-17-15-20(17)22(24)19-9-6-7-10-21(19)23-27(25,26)18-13-11-16(2)12-14-18/h6-7,9-14,17,20,22-24H,3-5,8,15H2,1-2H3. The largest absolute Gasteiger partial charge is 0.388 e. The molecule has 4 nitrogen and oxygen atoms in total. The number of aliphatic hydroxyl groups is 1. The molecule has 0 aromatic heterocycles. The van der Waals surface area contributed by atoms with Gasteiger partial charge in [0.1, 0.15) is 0 Å². The average Bonchev–Trinajstić information content (AvgIpc) is 3.41. The SMILES string of the molecule is CCCCCC1CC1C(O)c1ccccc1NS(=O)(=O)c1ccc(C)cc1. The first-order chi connectivity index (χ1) is 12.9. The molecule has 0 amide bonds. The first-order valence-electron chi connectivity index (χ1n) is 9.79. The van der Waals surface area contributed by atoms with E-state index in [1.165, 1.54) is 19.3 Å². The van der Waals surface area contributed by atoms with Gasteiger partial charge in [-0.2, -0.15) is 0 Å². The number of unbranched alkanes of at least 4 members (excludes halogenated alkanes) is 2. The van der Waals surface area contributed by atoms with Gasteiger partial charge in [0.2, 0.25) is 0 Å². The second-order valence-electron chi connectivity index (χ2n) is 7.61. The van der Waals surface area contributed by atoms with Crippen molar-refractivity contribution in [1.82, 2.24) is 0 Å². The molecule has 1 fully saturated rings. The van der Waals surface area contributed by atoms with Crippen molar-refractivity contribution in [3.05, 3.63) is 59.7 Å². The van der Waals surface area contributed by atoms with Gasteiger partial charge in [-0.05, 0) is 43.4 Å². The smallest absolute Gasteiger partial charge is 0.261 e. The number of hydrogen-bond acceptors (Lipinski definition) is 3. The number of nitrogens with one attached hydrogen (secondary N) is 1. The fourth-order valence-corrected chi connectivity index (χ4v) is 4.73. The van der Waals surface area contributed by atoms with Crippen LogP contribution in [0.1, 0.15) is 56.3 Å². The Labute approximate surface area is 162 Å². The zero-order valence-corrected chi connectivity index (χ0v) is 16.9. The van der Waals surface area contributed by atoms with Gasteiger partial charge in [-0.1, -0.05) is 68.5 Å². The first kappa shape index (κ1) is 19.9. The Hall–Kier alpha value is -1.85. The molecule has 146 valence electrons. The van der Waals surface area contributed by atoms with E-state index in [1.807, 2.05) is 19.1 Å². The van der Waals surface area contributed by atoms with E-state index in [0.29, 0.717) is 17.2 Å². The van der Waals surface area contributed by atoms with Crippen LogP contribution in [-0.2, 0) is 10.0 Å². The van der Waals surface area contributed by atoms with E-state index in [9.17, 15) is 13.5 Å². The summed E-state index contributed by atoms with van der Waals surface area (Å²) in [5.74, 6) is 0.778. The molecule has 2 N–H and O–H groups in total. The van der Waals surface area contributed by atoms with Crippen molar-refractivity contribution in [2.75, 3.05) is 4.72 Å². The van der Waals surface area contributed by atoms with Crippen LogP contribution >= 0.6 is 0 Å². The van der Waals surface area contributed by atoms with Crippen molar-refractivity contribution < 1.29 is 13.5 Å². The summed E-state index contributed by atoms with van der Waals surface area (Å²) in [7, 11) is -3.68. The topological polar surface area (TPSA) is 66.4 Å². The fraction of sp³-hybridized carbons (Fsp3) is 0.455. The van der Waals surface area contributed by atoms with Crippen molar-refractivity contribution in [3.63, 3.8) is 0 Å². The van der Waals surface area contributed by atoms with Gasteiger partial charge < -0.3 is 5.11 Å². The number of hydrogen-bond donors (Lipinski definition) is 2. The number of aryl methyl sites for hydroxylation is 1. The average molecular weight is 388 g/mol. The number of para-hydroxylation sites is 1. The molecule has 0 aliphatic heterocycles. The Morgan fingerprint density at radius 3 is 2.52 bits per heavy atom. The van der Waals surface area contributed by atoms with Crippen LogP contribution in [0.5, 0.6) is 0 Å². The summed E-state index contributed by atoms with van der Waals surface area (Å²) in [6.07, 6.45) is 5.16. The first-order valence-corrected chi connectivity index (χ1v) is 11.3. The Bertz CT molecular complexity index is 861. The predicted molar refractivity (Wildman–Crippen MR) is 109 cm³/mol. The molecule has 0 bridgehead atoms. The lowest BCUT2D eigenvalue weighted by Crippen LogP contribution is -2.15. The lowest BCUT2D eigenvalue weighted by molar-refractivity contribution is 0.146. The van der Waals surface area contributed by atoms with Crippen LogP contribution < -0.4 is 4.72 Å². The second kappa shape index (κ2) is 8.44. The van der Waals surface area contributed by atoms with E-state index in [1.54, 1.807) is 36.4 Å². The molecule has 3 atom stereocenters. The lowest BCUT2D eigenvalue weighted by Gasteiger charge is -2.17. The Balaban J connectivity index is 1.73. The molecule has 2 aromatic carbocycles. The highest BCUT2D eigenvalue weighted by Gasteiger charge is 2.42. The van der Waals surface area contributed by atoms with Crippen LogP contribution in [0.4, 0.5) is 5.69 Å². The zero-order valence-electron chi connectivity index (χ0n) is 16.1. The van der Waals surface area contributed by atoms with Gasteiger partial charge >= 0.3 is 0 Å². The fourth-order valence-electron chi connectivity index (χ4n) is 3.65. The Kier molecular flexibility index (Phi) is 6.22. The van der Waals surface area contributed by atoms with Gasteiger partial charge in [0, 0.05) is 5.56 Å². The quantitative estimate of drug-likeness (QED) is 0.592. The molecule has 2 aromatic rings. The normalized spacial score (nSPS) is 20.3. The van der Waals surface area contributed by atoms with Gasteiger partial charge in [-0.25, -0.2) is 8.42 Å². The van der Waals surface area contributed by atoms with Crippen LogP contribution in [0.2, 0.25) is 0 Å². The maximum Gasteiger partial charge on any atom is 0.261 e. The van der Waals surface area contributed by atoms with Gasteiger partial charge in [0.25, 0.3) is 10.0 Å². The zero-order chi connectivity index (χ0) is 19.4. The number of rotatable bonds is 9. The summed E-state index contributed by atoms with van der Waals surface area (Å²) in [5, 5.41) is 10.8. The minimum Gasteiger partial charge on any atom is -0.388 e. The Morgan fingerprint density at radius 1 is 1.11 bits per heavy atom. The molecule has 1 aliphatic carbocycles.